The number of carboxylic acid groups (broad SMARTS) is 1. The Kier molecular flexibility index (Phi) is 5.85. The highest BCUT2D eigenvalue weighted by molar-refractivity contribution is 5.80. The molecule has 4 heteroatoms. The lowest BCUT2D eigenvalue weighted by Crippen LogP contribution is -2.25. The Bertz CT molecular complexity index is 259. The Morgan fingerprint density at radius 2 is 1.35 bits per heavy atom. The average Bonchev–Trinajstić information content (AvgIpc) is 2.06. The maximum atomic E-state index is 10.7. The van der Waals surface area contributed by atoms with Crippen molar-refractivity contribution in [3.05, 3.63) is 11.6 Å². The summed E-state index contributed by atoms with van der Waals surface area (Å²) in [6.45, 7) is 12.1. The first-order valence-electron chi connectivity index (χ1n) is 5.70. The van der Waals surface area contributed by atoms with Crippen LogP contribution in [0, 0.1) is 0 Å². The van der Waals surface area contributed by atoms with Crippen molar-refractivity contribution in [1.82, 2.24) is 0 Å². The topological polar surface area (TPSA) is 55.8 Å². The molecule has 0 aromatic carbocycles. The van der Waals surface area contributed by atoms with Crippen molar-refractivity contribution >= 4 is 5.97 Å². The number of ether oxygens (including phenoxy) is 2. The van der Waals surface area contributed by atoms with Crippen LogP contribution in [0.5, 0.6) is 0 Å². The van der Waals surface area contributed by atoms with E-state index in [1.54, 1.807) is 0 Å². The van der Waals surface area contributed by atoms with Gasteiger partial charge in [-0.15, -0.1) is 0 Å². The van der Waals surface area contributed by atoms with E-state index in [0.717, 1.165) is 6.08 Å². The molecule has 1 N–H and O–H groups in total. The number of aliphatic carboxylic acids is 1. The van der Waals surface area contributed by atoms with Crippen molar-refractivity contribution in [3.63, 3.8) is 0 Å². The summed E-state index contributed by atoms with van der Waals surface area (Å²) in [7, 11) is 0. The molecule has 0 aromatic heterocycles. The predicted octanol–water partition coefficient (Wildman–Crippen LogP) is 2.63. The van der Waals surface area contributed by atoms with Gasteiger partial charge in [0.05, 0.1) is 24.4 Å². The van der Waals surface area contributed by atoms with E-state index in [4.69, 9.17) is 14.6 Å². The van der Waals surface area contributed by atoms with Crippen LogP contribution in [-0.4, -0.2) is 35.5 Å². The molecular weight excluding hydrogens is 220 g/mol. The lowest BCUT2D eigenvalue weighted by molar-refractivity contribution is -0.131. The van der Waals surface area contributed by atoms with Crippen molar-refractivity contribution < 1.29 is 19.4 Å². The number of carbonyl (C=O) groups is 1. The van der Waals surface area contributed by atoms with E-state index in [-0.39, 0.29) is 24.4 Å². The number of hydrogen-bond acceptors (Lipinski definition) is 3. The molecule has 0 aromatic rings. The Hall–Kier alpha value is -0.870. The first-order chi connectivity index (χ1) is 7.49. The van der Waals surface area contributed by atoms with Crippen LogP contribution in [-0.2, 0) is 14.3 Å². The van der Waals surface area contributed by atoms with E-state index in [9.17, 15) is 4.79 Å². The Morgan fingerprint density at radius 3 is 1.59 bits per heavy atom. The third-order valence-corrected chi connectivity index (χ3v) is 1.71. The van der Waals surface area contributed by atoms with Gasteiger partial charge in [-0.05, 0) is 47.1 Å². The summed E-state index contributed by atoms with van der Waals surface area (Å²) >= 11 is 0. The molecule has 0 saturated heterocycles. The molecule has 4 nitrogen and oxygen atoms in total. The van der Waals surface area contributed by atoms with Crippen molar-refractivity contribution in [2.45, 2.75) is 52.7 Å². The van der Waals surface area contributed by atoms with Crippen LogP contribution in [0.3, 0.4) is 0 Å². The zero-order chi connectivity index (χ0) is 13.7. The molecule has 0 amide bonds. The Morgan fingerprint density at radius 1 is 1.00 bits per heavy atom. The van der Waals surface area contributed by atoms with Gasteiger partial charge in [0.25, 0.3) is 0 Å². The van der Waals surface area contributed by atoms with Crippen LogP contribution in [0.2, 0.25) is 0 Å². The van der Waals surface area contributed by atoms with Gasteiger partial charge in [0.15, 0.2) is 0 Å². The first-order valence-corrected chi connectivity index (χ1v) is 5.70. The van der Waals surface area contributed by atoms with Gasteiger partial charge in [0.2, 0.25) is 0 Å². The summed E-state index contributed by atoms with van der Waals surface area (Å²) in [5.41, 5.74) is 0.0425. The summed E-state index contributed by atoms with van der Waals surface area (Å²) in [6.07, 6.45) is 1.15. The van der Waals surface area contributed by atoms with Gasteiger partial charge in [-0.25, -0.2) is 4.79 Å². The zero-order valence-electron chi connectivity index (χ0n) is 11.7. The standard InChI is InChI=1S/C13H24O4/c1-12(2,3)16-8-10(7-11(14)15)9-17-13(4,5)6/h7H,8-9H2,1-6H3,(H,14,15). The molecule has 0 spiro atoms. The maximum absolute atomic E-state index is 10.7. The summed E-state index contributed by atoms with van der Waals surface area (Å²) in [5, 5.41) is 8.76. The Labute approximate surface area is 104 Å². The minimum Gasteiger partial charge on any atom is -0.478 e. The van der Waals surface area contributed by atoms with E-state index in [2.05, 4.69) is 0 Å². The van der Waals surface area contributed by atoms with Crippen molar-refractivity contribution in [3.8, 4) is 0 Å². The quantitative estimate of drug-likeness (QED) is 0.755. The molecular formula is C13H24O4. The van der Waals surface area contributed by atoms with Gasteiger partial charge in [-0.2, -0.15) is 0 Å². The maximum Gasteiger partial charge on any atom is 0.328 e. The van der Waals surface area contributed by atoms with Crippen LogP contribution in [0.1, 0.15) is 41.5 Å². The molecule has 0 aliphatic rings. The van der Waals surface area contributed by atoms with Crippen LogP contribution in [0.25, 0.3) is 0 Å². The number of hydrogen-bond donors (Lipinski definition) is 1. The number of rotatable bonds is 5. The highest BCUT2D eigenvalue weighted by atomic mass is 16.5. The van der Waals surface area contributed by atoms with Crippen LogP contribution in [0.15, 0.2) is 11.6 Å². The highest BCUT2D eigenvalue weighted by Crippen LogP contribution is 2.13. The zero-order valence-corrected chi connectivity index (χ0v) is 11.7. The van der Waals surface area contributed by atoms with Gasteiger partial charge >= 0.3 is 5.97 Å². The molecule has 0 rings (SSSR count). The molecule has 0 heterocycles. The van der Waals surface area contributed by atoms with Gasteiger partial charge in [0, 0.05) is 6.08 Å². The summed E-state index contributed by atoms with van der Waals surface area (Å²) in [4.78, 5) is 10.7. The van der Waals surface area contributed by atoms with E-state index >= 15 is 0 Å². The lowest BCUT2D eigenvalue weighted by Gasteiger charge is -2.23. The van der Waals surface area contributed by atoms with Gasteiger partial charge in [0.1, 0.15) is 0 Å². The normalized spacial score (nSPS) is 12.4. The summed E-state index contributed by atoms with van der Waals surface area (Å²) in [6, 6.07) is 0. The minimum absolute atomic E-state index is 0.270. The Balaban J connectivity index is 4.41. The van der Waals surface area contributed by atoms with Crippen molar-refractivity contribution in [2.75, 3.05) is 13.2 Å². The largest absolute Gasteiger partial charge is 0.478 e. The molecule has 100 valence electrons. The molecule has 0 unspecified atom stereocenters. The van der Waals surface area contributed by atoms with E-state index in [1.165, 1.54) is 0 Å². The summed E-state index contributed by atoms with van der Waals surface area (Å²) in [5.74, 6) is -0.977. The van der Waals surface area contributed by atoms with Gasteiger partial charge in [-0.3, -0.25) is 0 Å². The van der Waals surface area contributed by atoms with E-state index in [0.29, 0.717) is 5.57 Å². The van der Waals surface area contributed by atoms with Gasteiger partial charge < -0.3 is 14.6 Å². The second-order valence-electron chi connectivity index (χ2n) is 5.94. The minimum atomic E-state index is -0.977. The fourth-order valence-corrected chi connectivity index (χ4v) is 0.918. The van der Waals surface area contributed by atoms with E-state index < -0.39 is 5.97 Å². The fourth-order valence-electron chi connectivity index (χ4n) is 0.918. The predicted molar refractivity (Wildman–Crippen MR) is 67.1 cm³/mol. The first kappa shape index (κ1) is 16.1. The van der Waals surface area contributed by atoms with Crippen molar-refractivity contribution in [1.29, 1.82) is 0 Å². The third kappa shape index (κ3) is 11.4. The van der Waals surface area contributed by atoms with Crippen LogP contribution in [0.4, 0.5) is 0 Å². The fraction of sp³-hybridized carbons (Fsp3) is 0.769. The average molecular weight is 244 g/mol. The SMILES string of the molecule is CC(C)(C)OCC(=CC(=O)O)COC(C)(C)C. The van der Waals surface area contributed by atoms with Crippen LogP contribution < -0.4 is 0 Å². The van der Waals surface area contributed by atoms with Crippen LogP contribution >= 0.6 is 0 Å². The molecule has 0 aliphatic carbocycles. The molecule has 17 heavy (non-hydrogen) atoms. The molecule has 0 bridgehead atoms. The molecule has 0 fully saturated rings. The van der Waals surface area contributed by atoms with Crippen molar-refractivity contribution in [2.24, 2.45) is 0 Å². The van der Waals surface area contributed by atoms with Gasteiger partial charge in [-0.1, -0.05) is 0 Å². The molecule has 0 aliphatic heterocycles. The molecule has 0 atom stereocenters. The van der Waals surface area contributed by atoms with E-state index in [1.807, 2.05) is 41.5 Å². The third-order valence-electron chi connectivity index (χ3n) is 1.71. The number of carboxylic acids is 1. The molecule has 0 saturated carbocycles. The highest BCUT2D eigenvalue weighted by Gasteiger charge is 2.15. The molecule has 0 radical (unpaired) electrons. The lowest BCUT2D eigenvalue weighted by atomic mass is 10.1. The smallest absolute Gasteiger partial charge is 0.328 e. The second kappa shape index (κ2) is 6.17. The summed E-state index contributed by atoms with van der Waals surface area (Å²) < 4.78 is 11.1. The monoisotopic (exact) mass is 244 g/mol. The second-order valence-corrected chi connectivity index (χ2v) is 5.94.